The van der Waals surface area contributed by atoms with E-state index in [1.165, 1.54) is 10.8 Å². The third-order valence-electron chi connectivity index (χ3n) is 3.92. The molecule has 4 rings (SSSR count). The number of fused-ring (bicyclic) bond motifs is 2. The van der Waals surface area contributed by atoms with Gasteiger partial charge in [-0.15, -0.1) is 11.8 Å². The summed E-state index contributed by atoms with van der Waals surface area (Å²) in [7, 11) is 0. The summed E-state index contributed by atoms with van der Waals surface area (Å²) in [5, 5.41) is 2.42. The lowest BCUT2D eigenvalue weighted by molar-refractivity contribution is 0.103. The van der Waals surface area contributed by atoms with Gasteiger partial charge in [-0.05, 0) is 40.6 Å². The monoisotopic (exact) mass is 302 g/mol. The number of hydrogen-bond donors (Lipinski definition) is 0. The van der Waals surface area contributed by atoms with Crippen LogP contribution >= 0.6 is 11.8 Å². The Hall–Kier alpha value is -2.32. The van der Waals surface area contributed by atoms with E-state index in [0.29, 0.717) is 0 Å². The predicted octanol–water partition coefficient (Wildman–Crippen LogP) is 5.21. The van der Waals surface area contributed by atoms with Crippen molar-refractivity contribution in [1.82, 2.24) is 0 Å². The van der Waals surface area contributed by atoms with Gasteiger partial charge in [0, 0.05) is 21.8 Å². The molecule has 2 heteroatoms. The molecule has 0 aliphatic carbocycles. The van der Waals surface area contributed by atoms with E-state index in [1.807, 2.05) is 42.5 Å². The molecule has 0 atom stereocenters. The van der Waals surface area contributed by atoms with Gasteiger partial charge in [0.1, 0.15) is 0 Å². The second-order valence-electron chi connectivity index (χ2n) is 5.39. The van der Waals surface area contributed by atoms with Crippen LogP contribution in [0, 0.1) is 0 Å². The molecule has 22 heavy (non-hydrogen) atoms. The van der Waals surface area contributed by atoms with Gasteiger partial charge in [-0.25, -0.2) is 0 Å². The van der Waals surface area contributed by atoms with Gasteiger partial charge in [-0.1, -0.05) is 48.5 Å². The fourth-order valence-corrected chi connectivity index (χ4v) is 3.80. The molecule has 1 heterocycles. The van der Waals surface area contributed by atoms with Crippen molar-refractivity contribution < 1.29 is 4.79 Å². The summed E-state index contributed by atoms with van der Waals surface area (Å²) in [6, 6.07) is 22.4. The SMILES string of the molecule is O=C1C(=Cc2ccc3ccccc3c2)CSc2ccccc21. The number of hydrogen-bond acceptors (Lipinski definition) is 2. The molecule has 3 aromatic rings. The Labute approximate surface area is 133 Å². The number of rotatable bonds is 1. The largest absolute Gasteiger partial charge is 0.289 e. The Kier molecular flexibility index (Phi) is 3.32. The van der Waals surface area contributed by atoms with Crippen molar-refractivity contribution in [2.24, 2.45) is 0 Å². The zero-order chi connectivity index (χ0) is 14.9. The van der Waals surface area contributed by atoms with E-state index >= 15 is 0 Å². The first-order valence-electron chi connectivity index (χ1n) is 7.27. The van der Waals surface area contributed by atoms with Crippen molar-refractivity contribution in [1.29, 1.82) is 0 Å². The smallest absolute Gasteiger partial charge is 0.191 e. The van der Waals surface area contributed by atoms with E-state index in [-0.39, 0.29) is 5.78 Å². The van der Waals surface area contributed by atoms with E-state index in [4.69, 9.17) is 0 Å². The summed E-state index contributed by atoms with van der Waals surface area (Å²) in [5.74, 6) is 0.894. The molecule has 0 saturated heterocycles. The number of ketones is 1. The number of Topliss-reactive ketones (excluding diaryl/α,β-unsaturated/α-hetero) is 1. The molecule has 1 nitrogen and oxygen atoms in total. The van der Waals surface area contributed by atoms with E-state index < -0.39 is 0 Å². The fourth-order valence-electron chi connectivity index (χ4n) is 2.78. The first kappa shape index (κ1) is 13.4. The van der Waals surface area contributed by atoms with Crippen molar-refractivity contribution in [2.45, 2.75) is 4.90 Å². The van der Waals surface area contributed by atoms with Crippen molar-refractivity contribution >= 4 is 34.4 Å². The highest BCUT2D eigenvalue weighted by Gasteiger charge is 2.21. The molecule has 0 saturated carbocycles. The summed E-state index contributed by atoms with van der Waals surface area (Å²) in [5.41, 5.74) is 2.78. The molecule has 0 bridgehead atoms. The Morgan fingerprint density at radius 3 is 2.55 bits per heavy atom. The van der Waals surface area contributed by atoms with Crippen LogP contribution in [0.5, 0.6) is 0 Å². The third kappa shape index (κ3) is 2.36. The molecule has 0 aromatic heterocycles. The normalized spacial score (nSPS) is 16.0. The van der Waals surface area contributed by atoms with Gasteiger partial charge in [-0.3, -0.25) is 4.79 Å². The molecule has 1 aliphatic heterocycles. The molecule has 0 fully saturated rings. The Morgan fingerprint density at radius 2 is 1.64 bits per heavy atom. The summed E-state index contributed by atoms with van der Waals surface area (Å²) < 4.78 is 0. The van der Waals surface area contributed by atoms with Crippen LogP contribution in [0.4, 0.5) is 0 Å². The lowest BCUT2D eigenvalue weighted by atomic mass is 10.00. The Morgan fingerprint density at radius 1 is 0.864 bits per heavy atom. The molecule has 0 radical (unpaired) electrons. The van der Waals surface area contributed by atoms with Crippen LogP contribution in [0.1, 0.15) is 15.9 Å². The Balaban J connectivity index is 1.74. The van der Waals surface area contributed by atoms with E-state index in [2.05, 4.69) is 30.3 Å². The van der Waals surface area contributed by atoms with Crippen LogP contribution in [0.15, 0.2) is 77.2 Å². The number of benzene rings is 3. The van der Waals surface area contributed by atoms with Gasteiger partial charge in [0.05, 0.1) is 0 Å². The highest BCUT2D eigenvalue weighted by molar-refractivity contribution is 7.99. The van der Waals surface area contributed by atoms with Crippen LogP contribution in [0.25, 0.3) is 16.8 Å². The molecule has 0 N–H and O–H groups in total. The van der Waals surface area contributed by atoms with Crippen molar-refractivity contribution in [3.8, 4) is 0 Å². The van der Waals surface area contributed by atoms with E-state index in [9.17, 15) is 4.79 Å². The second kappa shape index (κ2) is 5.47. The molecule has 1 aliphatic rings. The van der Waals surface area contributed by atoms with Gasteiger partial charge in [0.2, 0.25) is 0 Å². The maximum atomic E-state index is 12.6. The molecule has 0 unspecified atom stereocenters. The van der Waals surface area contributed by atoms with Gasteiger partial charge in [-0.2, -0.15) is 0 Å². The van der Waals surface area contributed by atoms with Crippen LogP contribution in [-0.4, -0.2) is 11.5 Å². The van der Waals surface area contributed by atoms with Crippen molar-refractivity contribution in [3.63, 3.8) is 0 Å². The van der Waals surface area contributed by atoms with Crippen molar-refractivity contribution in [2.75, 3.05) is 5.75 Å². The quantitative estimate of drug-likeness (QED) is 0.574. The fraction of sp³-hybridized carbons (Fsp3) is 0.0500. The number of thioether (sulfide) groups is 1. The number of carbonyl (C=O) groups is 1. The van der Waals surface area contributed by atoms with Crippen LogP contribution in [0.3, 0.4) is 0 Å². The first-order valence-corrected chi connectivity index (χ1v) is 8.26. The molecular weight excluding hydrogens is 288 g/mol. The van der Waals surface area contributed by atoms with Gasteiger partial charge in [0.25, 0.3) is 0 Å². The summed E-state index contributed by atoms with van der Waals surface area (Å²) >= 11 is 1.73. The minimum atomic E-state index is 0.155. The summed E-state index contributed by atoms with van der Waals surface area (Å²) in [4.78, 5) is 13.7. The molecule has 3 aromatic carbocycles. The standard InChI is InChI=1S/C20H14OS/c21-20-17(13-22-19-8-4-3-7-18(19)20)12-14-9-10-15-5-1-2-6-16(15)11-14/h1-12H,13H2. The molecule has 0 amide bonds. The van der Waals surface area contributed by atoms with Crippen molar-refractivity contribution in [3.05, 3.63) is 83.4 Å². The maximum Gasteiger partial charge on any atom is 0.191 e. The molecule has 0 spiro atoms. The summed E-state index contributed by atoms with van der Waals surface area (Å²) in [6.07, 6.45) is 2.03. The van der Waals surface area contributed by atoms with Gasteiger partial charge < -0.3 is 0 Å². The van der Waals surface area contributed by atoms with E-state index in [0.717, 1.165) is 27.3 Å². The molecular formula is C20H14OS. The predicted molar refractivity (Wildman–Crippen MR) is 93.4 cm³/mol. The Bertz CT molecular complexity index is 908. The van der Waals surface area contributed by atoms with Crippen LogP contribution in [0.2, 0.25) is 0 Å². The average molecular weight is 302 g/mol. The van der Waals surface area contributed by atoms with E-state index in [1.54, 1.807) is 11.8 Å². The second-order valence-corrected chi connectivity index (χ2v) is 6.41. The van der Waals surface area contributed by atoms with Gasteiger partial charge in [0.15, 0.2) is 5.78 Å². The maximum absolute atomic E-state index is 12.6. The average Bonchev–Trinajstić information content (AvgIpc) is 2.57. The minimum Gasteiger partial charge on any atom is -0.289 e. The first-order chi connectivity index (χ1) is 10.8. The minimum absolute atomic E-state index is 0.155. The zero-order valence-electron chi connectivity index (χ0n) is 12.0. The third-order valence-corrected chi connectivity index (χ3v) is 5.04. The number of carbonyl (C=O) groups excluding carboxylic acids is 1. The summed E-state index contributed by atoms with van der Waals surface area (Å²) in [6.45, 7) is 0. The van der Waals surface area contributed by atoms with Crippen LogP contribution < -0.4 is 0 Å². The topological polar surface area (TPSA) is 17.1 Å². The lowest BCUT2D eigenvalue weighted by Crippen LogP contribution is -2.11. The highest BCUT2D eigenvalue weighted by Crippen LogP contribution is 2.33. The highest BCUT2D eigenvalue weighted by atomic mass is 32.2. The lowest BCUT2D eigenvalue weighted by Gasteiger charge is -2.16. The molecule has 106 valence electrons. The zero-order valence-corrected chi connectivity index (χ0v) is 12.8. The van der Waals surface area contributed by atoms with Crippen LogP contribution in [-0.2, 0) is 0 Å². The van der Waals surface area contributed by atoms with Gasteiger partial charge >= 0.3 is 0 Å².